The summed E-state index contributed by atoms with van der Waals surface area (Å²) >= 11 is 0. The van der Waals surface area contributed by atoms with Crippen LogP contribution >= 0.6 is 0 Å². The molecule has 0 aromatic rings. The first-order valence-electron chi connectivity index (χ1n) is 10.4. The molecule has 0 amide bonds. The number of epoxide rings is 1. The van der Waals surface area contributed by atoms with Crippen LogP contribution in [-0.2, 0) is 38.1 Å². The summed E-state index contributed by atoms with van der Waals surface area (Å²) in [6.07, 6.45) is -2.30. The van der Waals surface area contributed by atoms with E-state index in [4.69, 9.17) is 23.7 Å². The zero-order chi connectivity index (χ0) is 22.9. The third kappa shape index (κ3) is 2.97. The van der Waals surface area contributed by atoms with Gasteiger partial charge in [-0.05, 0) is 39.2 Å². The van der Waals surface area contributed by atoms with Gasteiger partial charge in [-0.15, -0.1) is 0 Å². The maximum atomic E-state index is 13.1. The van der Waals surface area contributed by atoms with Gasteiger partial charge in [0.15, 0.2) is 29.7 Å². The number of carbonyl (C=O) groups is 3. The number of carbonyl (C=O) groups excluding carboxylic acids is 3. The van der Waals surface area contributed by atoms with Gasteiger partial charge in [0.05, 0.1) is 17.1 Å². The highest BCUT2D eigenvalue weighted by Crippen LogP contribution is 2.58. The Kier molecular flexibility index (Phi) is 4.88. The van der Waals surface area contributed by atoms with Crippen LogP contribution in [0, 0.1) is 5.41 Å². The Bertz CT molecular complexity index is 893. The number of ether oxygens (including phenoxy) is 5. The molecular weight excluding hydrogens is 408 g/mol. The van der Waals surface area contributed by atoms with Gasteiger partial charge in [0, 0.05) is 6.92 Å². The normalized spacial score (nSPS) is 47.8. The molecular formula is C22H28O9. The van der Waals surface area contributed by atoms with Gasteiger partial charge in [0.1, 0.15) is 6.10 Å². The quantitative estimate of drug-likeness (QED) is 0.230. The minimum absolute atomic E-state index is 0.0974. The van der Waals surface area contributed by atoms with Gasteiger partial charge >= 0.3 is 17.9 Å². The molecule has 9 nitrogen and oxygen atoms in total. The van der Waals surface area contributed by atoms with Gasteiger partial charge in [0.2, 0.25) is 0 Å². The molecule has 9 heteroatoms. The largest absolute Gasteiger partial charge is 0.455 e. The van der Waals surface area contributed by atoms with Crippen molar-refractivity contribution in [1.82, 2.24) is 0 Å². The lowest BCUT2D eigenvalue weighted by Crippen LogP contribution is -2.59. The summed E-state index contributed by atoms with van der Waals surface area (Å²) in [4.78, 5) is 37.7. The Morgan fingerprint density at radius 3 is 2.48 bits per heavy atom. The van der Waals surface area contributed by atoms with Gasteiger partial charge in [-0.25, -0.2) is 9.59 Å². The summed E-state index contributed by atoms with van der Waals surface area (Å²) in [7, 11) is 0. The number of allylic oxidation sites excluding steroid dienone is 1. The average Bonchev–Trinajstić information content (AvgIpc) is 3.14. The molecule has 170 valence electrons. The fraction of sp³-hybridized carbons (Fsp3) is 0.682. The van der Waals surface area contributed by atoms with Crippen molar-refractivity contribution in [1.29, 1.82) is 0 Å². The van der Waals surface area contributed by atoms with Gasteiger partial charge in [0.25, 0.3) is 0 Å². The van der Waals surface area contributed by atoms with E-state index in [1.165, 1.54) is 6.92 Å². The Morgan fingerprint density at radius 2 is 1.90 bits per heavy atom. The molecule has 8 atom stereocenters. The lowest BCUT2D eigenvalue weighted by atomic mass is 9.72. The van der Waals surface area contributed by atoms with Crippen molar-refractivity contribution >= 4 is 17.9 Å². The highest BCUT2D eigenvalue weighted by atomic mass is 16.7. The Hall–Kier alpha value is -2.23. The highest BCUT2D eigenvalue weighted by molar-refractivity contribution is 5.94. The van der Waals surface area contributed by atoms with Crippen LogP contribution in [0.1, 0.15) is 47.5 Å². The van der Waals surface area contributed by atoms with Crippen LogP contribution in [0.5, 0.6) is 0 Å². The first-order chi connectivity index (χ1) is 14.4. The van der Waals surface area contributed by atoms with Crippen molar-refractivity contribution in [2.45, 2.75) is 89.4 Å². The molecule has 3 saturated heterocycles. The van der Waals surface area contributed by atoms with Crippen LogP contribution in [-0.4, -0.2) is 64.9 Å². The molecule has 0 spiro atoms. The number of aliphatic hydroxyl groups excluding tert-OH is 1. The van der Waals surface area contributed by atoms with E-state index in [0.29, 0.717) is 18.4 Å². The Morgan fingerprint density at radius 1 is 1.26 bits per heavy atom. The Labute approximate surface area is 180 Å². The number of hydrogen-bond acceptors (Lipinski definition) is 9. The average molecular weight is 436 g/mol. The van der Waals surface area contributed by atoms with Crippen molar-refractivity contribution in [2.24, 2.45) is 5.41 Å². The maximum absolute atomic E-state index is 13.1. The number of hydrogen-bond donors (Lipinski definition) is 1. The summed E-state index contributed by atoms with van der Waals surface area (Å²) in [5.41, 5.74) is -3.37. The molecule has 1 aliphatic carbocycles. The zero-order valence-corrected chi connectivity index (χ0v) is 18.3. The van der Waals surface area contributed by atoms with E-state index in [1.54, 1.807) is 27.7 Å². The zero-order valence-electron chi connectivity index (χ0n) is 18.3. The molecule has 0 aromatic carbocycles. The summed E-state index contributed by atoms with van der Waals surface area (Å²) < 4.78 is 28.5. The minimum atomic E-state index is -1.73. The molecule has 4 rings (SSSR count). The standard InChI is InChI=1S/C22H28O9/c1-10-8-7-9-20(5)17-22(31-18(20)25,11(2)16(24)29-17)15(14(10)27-13(4)23)28-19(26)21(6)12(3)30-21/h8,12,14-15,17-18,25H,2,7,9H2,1,3-6H3/b10-8-/t12-,14+,15+,17+,18+,20-,21-,22-/m0/s1. The molecule has 2 bridgehead atoms. The van der Waals surface area contributed by atoms with E-state index in [0.717, 1.165) is 0 Å². The SMILES string of the molecule is C=C1C(=O)O[C@@H]2[C@]3(C)CC/C=C(/C)[C@@H](OC(C)=O)[C@@H](OC(=O)[C@@]4(C)O[C@H]4C)[C@@]12O[C@H]3O. The molecule has 1 N–H and O–H groups in total. The summed E-state index contributed by atoms with van der Waals surface area (Å²) in [6.45, 7) is 11.9. The van der Waals surface area contributed by atoms with E-state index >= 15 is 0 Å². The van der Waals surface area contributed by atoms with Crippen LogP contribution in [0.15, 0.2) is 23.8 Å². The van der Waals surface area contributed by atoms with Gasteiger partial charge < -0.3 is 28.8 Å². The molecule has 0 saturated carbocycles. The lowest BCUT2D eigenvalue weighted by molar-refractivity contribution is -0.213. The van der Waals surface area contributed by atoms with E-state index in [2.05, 4.69) is 6.58 Å². The van der Waals surface area contributed by atoms with Crippen LogP contribution < -0.4 is 0 Å². The third-order valence-electron chi connectivity index (χ3n) is 7.17. The fourth-order valence-corrected chi connectivity index (χ4v) is 4.89. The van der Waals surface area contributed by atoms with E-state index in [9.17, 15) is 19.5 Å². The van der Waals surface area contributed by atoms with Crippen molar-refractivity contribution in [3.63, 3.8) is 0 Å². The summed E-state index contributed by atoms with van der Waals surface area (Å²) in [5, 5.41) is 10.9. The van der Waals surface area contributed by atoms with Crippen LogP contribution in [0.3, 0.4) is 0 Å². The second-order valence-corrected chi connectivity index (χ2v) is 9.24. The Balaban J connectivity index is 1.88. The smallest absolute Gasteiger partial charge is 0.341 e. The second-order valence-electron chi connectivity index (χ2n) is 9.24. The lowest BCUT2D eigenvalue weighted by Gasteiger charge is -2.39. The first kappa shape index (κ1) is 22.0. The number of esters is 3. The van der Waals surface area contributed by atoms with Crippen molar-refractivity contribution in [3.8, 4) is 0 Å². The van der Waals surface area contributed by atoms with E-state index < -0.39 is 59.1 Å². The second kappa shape index (κ2) is 6.88. The van der Waals surface area contributed by atoms with Crippen LogP contribution in [0.4, 0.5) is 0 Å². The molecule has 3 heterocycles. The summed E-state index contributed by atoms with van der Waals surface area (Å²) in [5.74, 6) is -2.01. The predicted octanol–water partition coefficient (Wildman–Crippen LogP) is 1.32. The monoisotopic (exact) mass is 436 g/mol. The topological polar surface area (TPSA) is 121 Å². The van der Waals surface area contributed by atoms with Crippen molar-refractivity contribution in [3.05, 3.63) is 23.8 Å². The predicted molar refractivity (Wildman–Crippen MR) is 104 cm³/mol. The first-order valence-corrected chi connectivity index (χ1v) is 10.4. The highest BCUT2D eigenvalue weighted by Gasteiger charge is 2.75. The number of rotatable bonds is 3. The third-order valence-corrected chi connectivity index (χ3v) is 7.17. The molecule has 3 aliphatic heterocycles. The molecule has 0 aromatic heterocycles. The summed E-state index contributed by atoms with van der Waals surface area (Å²) in [6, 6.07) is 0. The fourth-order valence-electron chi connectivity index (χ4n) is 4.89. The van der Waals surface area contributed by atoms with Crippen LogP contribution in [0.2, 0.25) is 0 Å². The van der Waals surface area contributed by atoms with Gasteiger partial charge in [-0.3, -0.25) is 4.79 Å². The van der Waals surface area contributed by atoms with Crippen LogP contribution in [0.25, 0.3) is 0 Å². The van der Waals surface area contributed by atoms with Gasteiger partial charge in [-0.2, -0.15) is 0 Å². The number of aliphatic hydroxyl groups is 1. The van der Waals surface area contributed by atoms with Crippen molar-refractivity contribution in [2.75, 3.05) is 0 Å². The molecule has 0 unspecified atom stereocenters. The molecule has 0 radical (unpaired) electrons. The molecule has 31 heavy (non-hydrogen) atoms. The van der Waals surface area contributed by atoms with Gasteiger partial charge in [-0.1, -0.05) is 19.6 Å². The minimum Gasteiger partial charge on any atom is -0.455 e. The molecule has 3 fully saturated rings. The molecule has 4 aliphatic rings. The maximum Gasteiger partial charge on any atom is 0.341 e. The van der Waals surface area contributed by atoms with Crippen molar-refractivity contribution < 1.29 is 43.2 Å². The van der Waals surface area contributed by atoms with E-state index in [1.807, 2.05) is 6.08 Å². The van der Waals surface area contributed by atoms with E-state index in [-0.39, 0.29) is 11.7 Å².